The molecule has 0 radical (unpaired) electrons. The molecular weight excluding hydrogens is 320 g/mol. The van der Waals surface area contributed by atoms with Gasteiger partial charge in [0.1, 0.15) is 5.15 Å². The number of hydrogen-bond acceptors (Lipinski definition) is 4. The van der Waals surface area contributed by atoms with E-state index in [0.29, 0.717) is 22.5 Å². The Morgan fingerprint density at radius 1 is 1.17 bits per heavy atom. The van der Waals surface area contributed by atoms with Crippen LogP contribution in [0.5, 0.6) is 11.5 Å². The van der Waals surface area contributed by atoms with Crippen molar-refractivity contribution in [1.29, 1.82) is 0 Å². The number of halogens is 2. The van der Waals surface area contributed by atoms with Crippen LogP contribution in [0.25, 0.3) is 11.4 Å². The second-order valence-corrected chi connectivity index (χ2v) is 4.63. The molecular formula is C12H10BrClN2O2. The number of ether oxygens (including phenoxy) is 2. The van der Waals surface area contributed by atoms with E-state index in [1.54, 1.807) is 38.6 Å². The quantitative estimate of drug-likeness (QED) is 0.807. The molecule has 0 amide bonds. The third-order valence-electron chi connectivity index (χ3n) is 2.34. The summed E-state index contributed by atoms with van der Waals surface area (Å²) in [5.41, 5.74) is 0.787. The number of hydrogen-bond donors (Lipinski definition) is 0. The molecule has 2 aromatic rings. The van der Waals surface area contributed by atoms with E-state index in [0.717, 1.165) is 10.0 Å². The molecule has 0 spiro atoms. The summed E-state index contributed by atoms with van der Waals surface area (Å²) in [6.07, 6.45) is 1.60. The molecule has 0 aliphatic rings. The van der Waals surface area contributed by atoms with Crippen LogP contribution in [0.4, 0.5) is 0 Å². The van der Waals surface area contributed by atoms with E-state index in [-0.39, 0.29) is 0 Å². The molecule has 0 aliphatic carbocycles. The van der Waals surface area contributed by atoms with Crippen molar-refractivity contribution >= 4 is 27.5 Å². The van der Waals surface area contributed by atoms with Crippen molar-refractivity contribution in [2.45, 2.75) is 0 Å². The van der Waals surface area contributed by atoms with Gasteiger partial charge in [0.2, 0.25) is 0 Å². The van der Waals surface area contributed by atoms with Crippen molar-refractivity contribution in [3.63, 3.8) is 0 Å². The monoisotopic (exact) mass is 328 g/mol. The number of aromatic nitrogens is 2. The maximum absolute atomic E-state index is 5.86. The van der Waals surface area contributed by atoms with Crippen LogP contribution in [0.1, 0.15) is 0 Å². The molecule has 0 aliphatic heterocycles. The van der Waals surface area contributed by atoms with Gasteiger partial charge in [0.05, 0.1) is 14.2 Å². The minimum atomic E-state index is 0.390. The molecule has 18 heavy (non-hydrogen) atoms. The van der Waals surface area contributed by atoms with Crippen LogP contribution in [0, 0.1) is 0 Å². The first-order chi connectivity index (χ1) is 8.65. The Labute approximate surface area is 118 Å². The predicted octanol–water partition coefficient (Wildman–Crippen LogP) is 3.58. The normalized spacial score (nSPS) is 10.2. The molecule has 0 unspecified atom stereocenters. The summed E-state index contributed by atoms with van der Waals surface area (Å²) in [6, 6.07) is 5.23. The van der Waals surface area contributed by atoms with Gasteiger partial charge in [-0.1, -0.05) is 11.6 Å². The van der Waals surface area contributed by atoms with Crippen molar-refractivity contribution in [2.75, 3.05) is 14.2 Å². The van der Waals surface area contributed by atoms with Gasteiger partial charge in [-0.25, -0.2) is 9.97 Å². The highest BCUT2D eigenvalue weighted by atomic mass is 79.9. The van der Waals surface area contributed by atoms with Crippen molar-refractivity contribution in [1.82, 2.24) is 9.97 Å². The largest absolute Gasteiger partial charge is 0.493 e. The second kappa shape index (κ2) is 5.54. The van der Waals surface area contributed by atoms with Crippen LogP contribution >= 0.6 is 27.5 Å². The lowest BCUT2D eigenvalue weighted by Gasteiger charge is -2.11. The standard InChI is InChI=1S/C12H10BrClN2O2/c1-17-9-5-7(8(13)6-10(9)18-2)12-15-4-3-11(14)16-12/h3-6H,1-2H3. The van der Waals surface area contributed by atoms with E-state index in [4.69, 9.17) is 21.1 Å². The van der Waals surface area contributed by atoms with Crippen LogP contribution in [0.3, 0.4) is 0 Å². The minimum Gasteiger partial charge on any atom is -0.493 e. The first-order valence-electron chi connectivity index (χ1n) is 5.06. The SMILES string of the molecule is COc1cc(Br)c(-c2nccc(Cl)n2)cc1OC. The average Bonchev–Trinajstić information content (AvgIpc) is 2.38. The molecule has 6 heteroatoms. The van der Waals surface area contributed by atoms with Gasteiger partial charge in [0, 0.05) is 16.2 Å². The van der Waals surface area contributed by atoms with Crippen LogP contribution < -0.4 is 9.47 Å². The lowest BCUT2D eigenvalue weighted by molar-refractivity contribution is 0.355. The molecule has 0 fully saturated rings. The lowest BCUT2D eigenvalue weighted by atomic mass is 10.2. The number of methoxy groups -OCH3 is 2. The van der Waals surface area contributed by atoms with Crippen LogP contribution in [0.15, 0.2) is 28.9 Å². The lowest BCUT2D eigenvalue weighted by Crippen LogP contribution is -1.94. The highest BCUT2D eigenvalue weighted by Gasteiger charge is 2.13. The third kappa shape index (κ3) is 2.57. The maximum Gasteiger partial charge on any atom is 0.162 e. The Bertz CT molecular complexity index is 578. The van der Waals surface area contributed by atoms with Gasteiger partial charge in [0.15, 0.2) is 17.3 Å². The zero-order valence-electron chi connectivity index (χ0n) is 9.78. The summed E-state index contributed by atoms with van der Waals surface area (Å²) in [5.74, 6) is 1.77. The van der Waals surface area contributed by atoms with Gasteiger partial charge in [-0.2, -0.15) is 0 Å². The summed E-state index contributed by atoms with van der Waals surface area (Å²) in [7, 11) is 3.16. The summed E-state index contributed by atoms with van der Waals surface area (Å²) in [4.78, 5) is 8.34. The van der Waals surface area contributed by atoms with Gasteiger partial charge in [-0.3, -0.25) is 0 Å². The van der Waals surface area contributed by atoms with Gasteiger partial charge in [-0.15, -0.1) is 0 Å². The highest BCUT2D eigenvalue weighted by molar-refractivity contribution is 9.10. The number of benzene rings is 1. The van der Waals surface area contributed by atoms with Crippen LogP contribution in [-0.2, 0) is 0 Å². The van der Waals surface area contributed by atoms with Gasteiger partial charge in [-0.05, 0) is 34.1 Å². The molecule has 2 rings (SSSR count). The van der Waals surface area contributed by atoms with E-state index >= 15 is 0 Å². The zero-order chi connectivity index (χ0) is 13.1. The average molecular weight is 330 g/mol. The van der Waals surface area contributed by atoms with E-state index in [1.807, 2.05) is 0 Å². The molecule has 0 saturated carbocycles. The van der Waals surface area contributed by atoms with Gasteiger partial charge in [0.25, 0.3) is 0 Å². The summed E-state index contributed by atoms with van der Waals surface area (Å²) < 4.78 is 11.3. The van der Waals surface area contributed by atoms with E-state index in [9.17, 15) is 0 Å². The van der Waals surface area contributed by atoms with Crippen molar-refractivity contribution in [3.8, 4) is 22.9 Å². The first kappa shape index (κ1) is 13.1. The van der Waals surface area contributed by atoms with E-state index < -0.39 is 0 Å². The van der Waals surface area contributed by atoms with Crippen molar-refractivity contribution in [2.24, 2.45) is 0 Å². The molecule has 0 bridgehead atoms. The van der Waals surface area contributed by atoms with Crippen LogP contribution in [0.2, 0.25) is 5.15 Å². The van der Waals surface area contributed by atoms with Crippen molar-refractivity contribution < 1.29 is 9.47 Å². The summed E-state index contributed by atoms with van der Waals surface area (Å²) >= 11 is 9.31. The van der Waals surface area contributed by atoms with Crippen molar-refractivity contribution in [3.05, 3.63) is 34.0 Å². The van der Waals surface area contributed by atoms with Gasteiger partial charge >= 0.3 is 0 Å². The summed E-state index contributed by atoms with van der Waals surface area (Å²) in [5, 5.41) is 0.390. The molecule has 1 heterocycles. The zero-order valence-corrected chi connectivity index (χ0v) is 12.1. The van der Waals surface area contributed by atoms with Crippen LogP contribution in [-0.4, -0.2) is 24.2 Å². The second-order valence-electron chi connectivity index (χ2n) is 3.39. The summed E-state index contributed by atoms with van der Waals surface area (Å²) in [6.45, 7) is 0. The molecule has 1 aromatic carbocycles. The smallest absolute Gasteiger partial charge is 0.162 e. The van der Waals surface area contributed by atoms with Gasteiger partial charge < -0.3 is 9.47 Å². The molecule has 0 N–H and O–H groups in total. The topological polar surface area (TPSA) is 44.2 Å². The fourth-order valence-electron chi connectivity index (χ4n) is 1.49. The van der Waals surface area contributed by atoms with E-state index in [2.05, 4.69) is 25.9 Å². The predicted molar refractivity (Wildman–Crippen MR) is 73.3 cm³/mol. The highest BCUT2D eigenvalue weighted by Crippen LogP contribution is 2.37. The number of nitrogens with zero attached hydrogens (tertiary/aromatic N) is 2. The molecule has 94 valence electrons. The fraction of sp³-hybridized carbons (Fsp3) is 0.167. The molecule has 0 saturated heterocycles. The first-order valence-corrected chi connectivity index (χ1v) is 6.23. The Balaban J connectivity index is 2.57. The third-order valence-corrected chi connectivity index (χ3v) is 3.20. The minimum absolute atomic E-state index is 0.390. The number of rotatable bonds is 3. The Morgan fingerprint density at radius 2 is 1.83 bits per heavy atom. The Kier molecular flexibility index (Phi) is 4.04. The van der Waals surface area contributed by atoms with E-state index in [1.165, 1.54) is 0 Å². The molecule has 4 nitrogen and oxygen atoms in total. The molecule has 1 aromatic heterocycles. The Hall–Kier alpha value is -1.33. The Morgan fingerprint density at radius 3 is 2.44 bits per heavy atom. The maximum atomic E-state index is 5.86. The fourth-order valence-corrected chi connectivity index (χ4v) is 2.13. The molecule has 0 atom stereocenters.